The molecule has 0 saturated carbocycles. The highest BCUT2D eigenvalue weighted by molar-refractivity contribution is 7.98. The van der Waals surface area contributed by atoms with Crippen molar-refractivity contribution in [2.45, 2.75) is 5.75 Å². The van der Waals surface area contributed by atoms with Crippen LogP contribution < -0.4 is 0 Å². The van der Waals surface area contributed by atoms with Crippen LogP contribution in [0, 0.1) is 0 Å². The molecule has 2 N–H and O–H groups in total. The third-order valence-corrected chi connectivity index (χ3v) is 2.47. The number of aromatic hydroxyl groups is 1. The van der Waals surface area contributed by atoms with Crippen LogP contribution >= 0.6 is 11.8 Å². The fourth-order valence-corrected chi connectivity index (χ4v) is 1.62. The van der Waals surface area contributed by atoms with Crippen molar-refractivity contribution in [1.82, 2.24) is 0 Å². The van der Waals surface area contributed by atoms with Gasteiger partial charge in [0.1, 0.15) is 5.75 Å². The van der Waals surface area contributed by atoms with Gasteiger partial charge in [0.2, 0.25) is 0 Å². The van der Waals surface area contributed by atoms with E-state index in [1.807, 2.05) is 12.1 Å². The first-order valence-electron chi connectivity index (χ1n) is 3.80. The van der Waals surface area contributed by atoms with Gasteiger partial charge >= 0.3 is 0 Å². The summed E-state index contributed by atoms with van der Waals surface area (Å²) < 4.78 is 0. The van der Waals surface area contributed by atoms with Crippen molar-refractivity contribution in [3.8, 4) is 5.75 Å². The lowest BCUT2D eigenvalue weighted by molar-refractivity contribution is 0.322. The van der Waals surface area contributed by atoms with Gasteiger partial charge in [0.05, 0.1) is 6.61 Å². The molecule has 2 nitrogen and oxygen atoms in total. The van der Waals surface area contributed by atoms with Crippen molar-refractivity contribution in [2.75, 3.05) is 12.4 Å². The van der Waals surface area contributed by atoms with Crippen LogP contribution in [0.15, 0.2) is 24.3 Å². The van der Waals surface area contributed by atoms with Crippen molar-refractivity contribution >= 4 is 11.8 Å². The van der Waals surface area contributed by atoms with E-state index in [0.717, 1.165) is 11.3 Å². The molecule has 0 bridgehead atoms. The Balaban J connectivity index is 2.46. The summed E-state index contributed by atoms with van der Waals surface area (Å²) in [4.78, 5) is 0. The van der Waals surface area contributed by atoms with E-state index in [-0.39, 0.29) is 6.61 Å². The first kappa shape index (κ1) is 9.42. The van der Waals surface area contributed by atoms with Gasteiger partial charge in [-0.25, -0.2) is 0 Å². The summed E-state index contributed by atoms with van der Waals surface area (Å²) in [6.45, 7) is 0.193. The molecule has 1 aromatic rings. The number of aliphatic hydroxyl groups is 1. The van der Waals surface area contributed by atoms with Gasteiger partial charge in [-0.15, -0.1) is 0 Å². The van der Waals surface area contributed by atoms with Crippen molar-refractivity contribution in [3.05, 3.63) is 29.8 Å². The number of phenolic OH excluding ortho intramolecular Hbond substituents is 1. The largest absolute Gasteiger partial charge is 0.508 e. The summed E-state index contributed by atoms with van der Waals surface area (Å²) in [5.74, 6) is 1.81. The summed E-state index contributed by atoms with van der Waals surface area (Å²) in [6, 6.07) is 7.26. The van der Waals surface area contributed by atoms with Crippen LogP contribution in [0.1, 0.15) is 5.56 Å². The van der Waals surface area contributed by atoms with E-state index >= 15 is 0 Å². The van der Waals surface area contributed by atoms with Crippen LogP contribution in [0.25, 0.3) is 0 Å². The molecule has 0 fully saturated rings. The van der Waals surface area contributed by atoms with E-state index < -0.39 is 0 Å². The zero-order valence-corrected chi connectivity index (χ0v) is 7.55. The summed E-state index contributed by atoms with van der Waals surface area (Å²) in [5, 5.41) is 17.9. The zero-order valence-electron chi connectivity index (χ0n) is 6.73. The van der Waals surface area contributed by atoms with Crippen molar-refractivity contribution in [2.24, 2.45) is 0 Å². The van der Waals surface area contributed by atoms with Gasteiger partial charge in [-0.1, -0.05) is 18.2 Å². The minimum Gasteiger partial charge on any atom is -0.508 e. The molecule has 0 aliphatic rings. The minimum absolute atomic E-state index is 0.193. The number of phenols is 1. The maximum Gasteiger partial charge on any atom is 0.119 e. The predicted molar refractivity (Wildman–Crippen MR) is 51.4 cm³/mol. The lowest BCUT2D eigenvalue weighted by Gasteiger charge is -2.02. The molecule has 1 rings (SSSR count). The second-order valence-electron chi connectivity index (χ2n) is 2.40. The molecule has 0 amide bonds. The Morgan fingerprint density at radius 2 is 2.00 bits per heavy atom. The SMILES string of the molecule is OCCSCc1ccccc1O. The average molecular weight is 184 g/mol. The normalized spacial score (nSPS) is 10.1. The van der Waals surface area contributed by atoms with Crippen LogP contribution in [0.3, 0.4) is 0 Å². The molecular weight excluding hydrogens is 172 g/mol. The number of para-hydroxylation sites is 1. The number of thioether (sulfide) groups is 1. The fraction of sp³-hybridized carbons (Fsp3) is 0.333. The predicted octanol–water partition coefficient (Wildman–Crippen LogP) is 1.62. The van der Waals surface area contributed by atoms with Crippen LogP contribution in [-0.4, -0.2) is 22.6 Å². The lowest BCUT2D eigenvalue weighted by atomic mass is 10.2. The van der Waals surface area contributed by atoms with Crippen molar-refractivity contribution in [1.29, 1.82) is 0 Å². The molecule has 0 unspecified atom stereocenters. The highest BCUT2D eigenvalue weighted by Gasteiger charge is 1.97. The fourth-order valence-electron chi connectivity index (χ4n) is 0.880. The number of benzene rings is 1. The molecule has 0 atom stereocenters. The molecule has 12 heavy (non-hydrogen) atoms. The Hall–Kier alpha value is -0.670. The van der Waals surface area contributed by atoms with Gasteiger partial charge < -0.3 is 10.2 Å². The second-order valence-corrected chi connectivity index (χ2v) is 3.51. The number of aliphatic hydroxyl groups excluding tert-OH is 1. The molecule has 0 saturated heterocycles. The third-order valence-electron chi connectivity index (χ3n) is 1.48. The first-order chi connectivity index (χ1) is 5.84. The van der Waals surface area contributed by atoms with Crippen LogP contribution in [0.2, 0.25) is 0 Å². The minimum atomic E-state index is 0.193. The van der Waals surface area contributed by atoms with E-state index in [9.17, 15) is 5.11 Å². The van der Waals surface area contributed by atoms with Crippen LogP contribution in [0.5, 0.6) is 5.75 Å². The average Bonchev–Trinajstić information content (AvgIpc) is 2.09. The molecule has 3 heteroatoms. The first-order valence-corrected chi connectivity index (χ1v) is 4.95. The lowest BCUT2D eigenvalue weighted by Crippen LogP contribution is -1.87. The Bertz CT molecular complexity index is 238. The standard InChI is InChI=1S/C9H12O2S/c10-5-6-12-7-8-3-1-2-4-9(8)11/h1-4,10-11H,5-7H2. The maximum absolute atomic E-state index is 9.33. The molecule has 0 spiro atoms. The number of hydrogen-bond acceptors (Lipinski definition) is 3. The molecule has 0 heterocycles. The smallest absolute Gasteiger partial charge is 0.119 e. The molecule has 0 aromatic heterocycles. The molecule has 0 radical (unpaired) electrons. The topological polar surface area (TPSA) is 40.5 Å². The van der Waals surface area contributed by atoms with Gasteiger partial charge in [-0.3, -0.25) is 0 Å². The molecule has 0 aliphatic heterocycles. The van der Waals surface area contributed by atoms with Crippen LogP contribution in [0.4, 0.5) is 0 Å². The zero-order chi connectivity index (χ0) is 8.81. The quantitative estimate of drug-likeness (QED) is 0.698. The van der Waals surface area contributed by atoms with Gasteiger partial charge in [0.15, 0.2) is 0 Å². The number of hydrogen-bond donors (Lipinski definition) is 2. The van der Waals surface area contributed by atoms with E-state index in [1.165, 1.54) is 0 Å². The Kier molecular flexibility index (Phi) is 3.97. The Labute approximate surface area is 76.2 Å². The van der Waals surface area contributed by atoms with E-state index in [2.05, 4.69) is 0 Å². The highest BCUT2D eigenvalue weighted by atomic mass is 32.2. The molecular formula is C9H12O2S. The van der Waals surface area contributed by atoms with Gasteiger partial charge in [-0.2, -0.15) is 11.8 Å². The van der Waals surface area contributed by atoms with Gasteiger partial charge in [-0.05, 0) is 6.07 Å². The third kappa shape index (κ3) is 2.75. The summed E-state index contributed by atoms with van der Waals surface area (Å²) in [5.41, 5.74) is 0.927. The van der Waals surface area contributed by atoms with Gasteiger partial charge in [0, 0.05) is 17.1 Å². The van der Waals surface area contributed by atoms with E-state index in [1.54, 1.807) is 23.9 Å². The summed E-state index contributed by atoms with van der Waals surface area (Å²) in [6.07, 6.45) is 0. The summed E-state index contributed by atoms with van der Waals surface area (Å²) in [7, 11) is 0. The Morgan fingerprint density at radius 1 is 1.25 bits per heavy atom. The van der Waals surface area contributed by atoms with E-state index in [0.29, 0.717) is 11.5 Å². The molecule has 0 aliphatic carbocycles. The second kappa shape index (κ2) is 5.06. The van der Waals surface area contributed by atoms with Crippen molar-refractivity contribution < 1.29 is 10.2 Å². The van der Waals surface area contributed by atoms with Gasteiger partial charge in [0.25, 0.3) is 0 Å². The number of rotatable bonds is 4. The van der Waals surface area contributed by atoms with E-state index in [4.69, 9.17) is 5.11 Å². The highest BCUT2D eigenvalue weighted by Crippen LogP contribution is 2.20. The van der Waals surface area contributed by atoms with Crippen molar-refractivity contribution in [3.63, 3.8) is 0 Å². The molecule has 66 valence electrons. The Morgan fingerprint density at radius 3 is 2.67 bits per heavy atom. The monoisotopic (exact) mass is 184 g/mol. The maximum atomic E-state index is 9.33. The van der Waals surface area contributed by atoms with Crippen LogP contribution in [-0.2, 0) is 5.75 Å². The summed E-state index contributed by atoms with van der Waals surface area (Å²) >= 11 is 1.61. The molecule has 1 aromatic carbocycles.